The molecule has 0 aliphatic carbocycles. The molecule has 1 aromatic heterocycles. The maximum Gasteiger partial charge on any atom is 0.256 e. The summed E-state index contributed by atoms with van der Waals surface area (Å²) in [6.07, 6.45) is 3.58. The van der Waals surface area contributed by atoms with Crippen LogP contribution in [-0.2, 0) is 11.3 Å². The van der Waals surface area contributed by atoms with E-state index in [1.54, 1.807) is 0 Å². The number of aromatic nitrogens is 2. The molecule has 1 aromatic rings. The lowest BCUT2D eigenvalue weighted by molar-refractivity contribution is -0.0392. The van der Waals surface area contributed by atoms with Crippen molar-refractivity contribution in [3.8, 4) is 0 Å². The molecule has 0 bridgehead atoms. The summed E-state index contributed by atoms with van der Waals surface area (Å²) in [5, 5.41) is 20.5. The quantitative estimate of drug-likeness (QED) is 0.436. The van der Waals surface area contributed by atoms with Crippen LogP contribution in [0.1, 0.15) is 18.2 Å². The van der Waals surface area contributed by atoms with Crippen LogP contribution in [0.4, 0.5) is 0 Å². The van der Waals surface area contributed by atoms with Crippen molar-refractivity contribution in [3.63, 3.8) is 0 Å². The minimum atomic E-state index is -1.25. The Kier molecular flexibility index (Phi) is 5.66. The molecule has 0 aromatic carbocycles. The first-order valence-electron chi connectivity index (χ1n) is 7.37. The van der Waals surface area contributed by atoms with E-state index in [-0.39, 0.29) is 16.9 Å². The summed E-state index contributed by atoms with van der Waals surface area (Å²) >= 11 is 5.13. The molecule has 5 N–H and O–H groups in total. The zero-order valence-corrected chi connectivity index (χ0v) is 15.0. The third kappa shape index (κ3) is 4.21. The molecule has 1 aliphatic rings. The third-order valence-electron chi connectivity index (χ3n) is 3.89. The van der Waals surface area contributed by atoms with E-state index in [0.717, 1.165) is 6.16 Å². The van der Waals surface area contributed by atoms with Crippen molar-refractivity contribution in [2.45, 2.75) is 37.5 Å². The van der Waals surface area contributed by atoms with Gasteiger partial charge >= 0.3 is 0 Å². The Morgan fingerprint density at radius 3 is 2.70 bits per heavy atom. The monoisotopic (exact) mass is 361 g/mol. The SMILES string of the molecule is C=P(C)(C)CC[C@H]1O[C@@H](n2cc(CN)c(=O)[nH]c2=S)[C@H](O)[C@@H]1O. The molecule has 7 nitrogen and oxygen atoms in total. The van der Waals surface area contributed by atoms with E-state index < -0.39 is 31.4 Å². The van der Waals surface area contributed by atoms with Crippen LogP contribution in [0.5, 0.6) is 0 Å². The van der Waals surface area contributed by atoms with Gasteiger partial charge in [-0.1, -0.05) is 0 Å². The molecule has 9 heteroatoms. The fraction of sp³-hybridized carbons (Fsp3) is 0.643. The van der Waals surface area contributed by atoms with Gasteiger partial charge in [0, 0.05) is 18.3 Å². The summed E-state index contributed by atoms with van der Waals surface area (Å²) in [5.41, 5.74) is 5.50. The van der Waals surface area contributed by atoms with Gasteiger partial charge < -0.3 is 20.7 Å². The second kappa shape index (κ2) is 7.01. The summed E-state index contributed by atoms with van der Waals surface area (Å²) in [4.78, 5) is 14.2. The maximum atomic E-state index is 11.7. The maximum absolute atomic E-state index is 11.7. The average Bonchev–Trinajstić information content (AvgIpc) is 2.73. The summed E-state index contributed by atoms with van der Waals surface area (Å²) in [5.74, 6) is 0. The highest BCUT2D eigenvalue weighted by Crippen LogP contribution is 2.39. The van der Waals surface area contributed by atoms with Crippen molar-refractivity contribution in [2.75, 3.05) is 19.5 Å². The zero-order valence-electron chi connectivity index (χ0n) is 13.3. The van der Waals surface area contributed by atoms with Crippen LogP contribution < -0.4 is 11.3 Å². The van der Waals surface area contributed by atoms with Gasteiger partial charge in [-0.3, -0.25) is 14.3 Å². The molecule has 2 rings (SSSR count). The number of nitrogens with one attached hydrogen (secondary N) is 1. The molecule has 4 atom stereocenters. The molecule has 2 heterocycles. The smallest absolute Gasteiger partial charge is 0.256 e. The van der Waals surface area contributed by atoms with Crippen molar-refractivity contribution < 1.29 is 14.9 Å². The van der Waals surface area contributed by atoms with E-state index >= 15 is 0 Å². The number of hydrogen-bond acceptors (Lipinski definition) is 6. The Morgan fingerprint density at radius 2 is 2.13 bits per heavy atom. The topological polar surface area (TPSA) is 114 Å². The van der Waals surface area contributed by atoms with Crippen molar-refractivity contribution in [1.82, 2.24) is 9.55 Å². The fourth-order valence-electron chi connectivity index (χ4n) is 2.54. The van der Waals surface area contributed by atoms with E-state index in [1.165, 1.54) is 10.8 Å². The number of aromatic amines is 1. The zero-order chi connectivity index (χ0) is 17.4. The standard InChI is InChI=1S/C14H24N3O4PS/c1-22(2,3)5-4-9-10(18)11(19)13(21-9)17-7-8(6-15)12(20)16-14(17)23/h7,9-11,13,18-19H,1,4-6,15H2,2-3H3,(H,16,20,23)/t9-,10-,11-,13-/m1/s1. The van der Waals surface area contributed by atoms with Crippen LogP contribution in [0.15, 0.2) is 11.0 Å². The fourth-order valence-corrected chi connectivity index (χ4v) is 3.74. The van der Waals surface area contributed by atoms with Crippen LogP contribution in [0.3, 0.4) is 0 Å². The largest absolute Gasteiger partial charge is 0.388 e. The number of rotatable bonds is 5. The lowest BCUT2D eigenvalue weighted by Gasteiger charge is -2.19. The number of aliphatic hydroxyl groups excluding tert-OH is 2. The van der Waals surface area contributed by atoms with Gasteiger partial charge in [-0.2, -0.15) is 0 Å². The van der Waals surface area contributed by atoms with E-state index in [1.807, 2.05) is 0 Å². The first-order chi connectivity index (χ1) is 10.6. The third-order valence-corrected chi connectivity index (χ3v) is 5.67. The summed E-state index contributed by atoms with van der Waals surface area (Å²) in [7, 11) is 0. The van der Waals surface area contributed by atoms with Gasteiger partial charge in [0.2, 0.25) is 0 Å². The molecule has 130 valence electrons. The van der Waals surface area contributed by atoms with Gasteiger partial charge in [-0.05, 0) is 38.1 Å². The number of aliphatic hydroxyl groups is 2. The first kappa shape index (κ1) is 18.6. The molecule has 0 spiro atoms. The summed E-state index contributed by atoms with van der Waals surface area (Å²) < 4.78 is 7.37. The number of H-pyrrole nitrogens is 1. The molecule has 0 unspecified atom stereocenters. The van der Waals surface area contributed by atoms with Crippen molar-refractivity contribution in [2.24, 2.45) is 5.73 Å². The van der Waals surface area contributed by atoms with Crippen LogP contribution >= 0.6 is 19.1 Å². The minimum absolute atomic E-state index is 0.0416. The Balaban J connectivity index is 2.26. The molecule has 1 saturated heterocycles. The Labute approximate surface area is 140 Å². The first-order valence-corrected chi connectivity index (χ1v) is 10.8. The van der Waals surface area contributed by atoms with Crippen molar-refractivity contribution >= 4 is 25.4 Å². The van der Waals surface area contributed by atoms with E-state index in [9.17, 15) is 15.0 Å². The van der Waals surface area contributed by atoms with Gasteiger partial charge in [0.15, 0.2) is 11.0 Å². The highest BCUT2D eigenvalue weighted by molar-refractivity contribution is 7.72. The summed E-state index contributed by atoms with van der Waals surface area (Å²) in [6, 6.07) is 0. The molecule has 0 saturated carbocycles. The summed E-state index contributed by atoms with van der Waals surface area (Å²) in [6.45, 7) is 3.00. The molecule has 0 radical (unpaired) electrons. The van der Waals surface area contributed by atoms with E-state index in [0.29, 0.717) is 12.0 Å². The Morgan fingerprint density at radius 1 is 1.48 bits per heavy atom. The number of nitrogens with zero attached hydrogens (tertiary/aromatic N) is 1. The van der Waals surface area contributed by atoms with Gasteiger partial charge in [-0.25, -0.2) is 0 Å². The van der Waals surface area contributed by atoms with Crippen LogP contribution in [0.2, 0.25) is 0 Å². The number of ether oxygens (including phenoxy) is 1. The van der Waals surface area contributed by atoms with Gasteiger partial charge in [0.25, 0.3) is 5.56 Å². The van der Waals surface area contributed by atoms with Crippen LogP contribution in [0.25, 0.3) is 0 Å². The average molecular weight is 361 g/mol. The molecular formula is C14H24N3O4PS. The van der Waals surface area contributed by atoms with Crippen molar-refractivity contribution in [1.29, 1.82) is 0 Å². The molecular weight excluding hydrogens is 337 g/mol. The predicted octanol–water partition coefficient (Wildman–Crippen LogP) is 0.0831. The predicted molar refractivity (Wildman–Crippen MR) is 95.1 cm³/mol. The number of hydrogen-bond donors (Lipinski definition) is 4. The normalized spacial score (nSPS) is 28.2. The van der Waals surface area contributed by atoms with Crippen molar-refractivity contribution in [3.05, 3.63) is 26.9 Å². The van der Waals surface area contributed by atoms with Gasteiger partial charge in [0.05, 0.1) is 6.10 Å². The second-order valence-electron chi connectivity index (χ2n) is 6.52. The van der Waals surface area contributed by atoms with Gasteiger partial charge in [-0.15, -0.1) is 13.2 Å². The lowest BCUT2D eigenvalue weighted by Crippen LogP contribution is -2.33. The lowest BCUT2D eigenvalue weighted by atomic mass is 10.1. The van der Waals surface area contributed by atoms with E-state index in [4.69, 9.17) is 22.7 Å². The van der Waals surface area contributed by atoms with Crippen LogP contribution in [0, 0.1) is 4.77 Å². The molecule has 1 fully saturated rings. The van der Waals surface area contributed by atoms with E-state index in [2.05, 4.69) is 24.6 Å². The number of nitrogens with two attached hydrogens (primary N) is 1. The second-order valence-corrected chi connectivity index (χ2v) is 11.2. The Bertz CT molecular complexity index is 725. The Hall–Kier alpha value is -0.760. The highest BCUT2D eigenvalue weighted by Gasteiger charge is 2.43. The molecule has 1 aliphatic heterocycles. The molecule has 0 amide bonds. The minimum Gasteiger partial charge on any atom is -0.388 e. The highest BCUT2D eigenvalue weighted by atomic mass is 32.1. The van der Waals surface area contributed by atoms with Gasteiger partial charge in [0.1, 0.15) is 12.2 Å². The molecule has 23 heavy (non-hydrogen) atoms. The van der Waals surface area contributed by atoms with Crippen LogP contribution in [-0.4, -0.2) is 63.9 Å².